The van der Waals surface area contributed by atoms with E-state index in [-0.39, 0.29) is 18.2 Å². The SMILES string of the molecule is COC(=O)CC(C)(C)Oc1ccc(F)cc1. The minimum Gasteiger partial charge on any atom is -0.487 e. The summed E-state index contributed by atoms with van der Waals surface area (Å²) in [5, 5.41) is 0. The van der Waals surface area contributed by atoms with Crippen molar-refractivity contribution in [2.75, 3.05) is 7.11 Å². The Hall–Kier alpha value is -1.58. The van der Waals surface area contributed by atoms with E-state index in [0.29, 0.717) is 5.75 Å². The zero-order chi connectivity index (χ0) is 12.2. The Morgan fingerprint density at radius 3 is 2.38 bits per heavy atom. The van der Waals surface area contributed by atoms with Gasteiger partial charge in [0.1, 0.15) is 17.2 Å². The third kappa shape index (κ3) is 3.88. The number of rotatable bonds is 4. The van der Waals surface area contributed by atoms with Crippen molar-refractivity contribution >= 4 is 5.97 Å². The second-order valence-corrected chi connectivity index (χ2v) is 4.07. The Kier molecular flexibility index (Phi) is 3.88. The van der Waals surface area contributed by atoms with Crippen LogP contribution in [0.15, 0.2) is 24.3 Å². The number of methoxy groups -OCH3 is 1. The van der Waals surface area contributed by atoms with Crippen LogP contribution in [0.25, 0.3) is 0 Å². The molecule has 0 saturated heterocycles. The molecule has 0 atom stereocenters. The summed E-state index contributed by atoms with van der Waals surface area (Å²) in [6, 6.07) is 5.66. The van der Waals surface area contributed by atoms with E-state index in [2.05, 4.69) is 4.74 Å². The number of carbonyl (C=O) groups excluding carboxylic acids is 1. The molecule has 0 aromatic heterocycles. The number of hydrogen-bond acceptors (Lipinski definition) is 3. The van der Waals surface area contributed by atoms with Crippen LogP contribution in [0.4, 0.5) is 4.39 Å². The molecule has 0 N–H and O–H groups in total. The molecular formula is C12H15FO3. The van der Waals surface area contributed by atoms with Gasteiger partial charge >= 0.3 is 5.97 Å². The summed E-state index contributed by atoms with van der Waals surface area (Å²) in [6.45, 7) is 3.54. The molecule has 0 radical (unpaired) electrons. The first kappa shape index (κ1) is 12.5. The Morgan fingerprint density at radius 1 is 1.31 bits per heavy atom. The van der Waals surface area contributed by atoms with Crippen molar-refractivity contribution < 1.29 is 18.7 Å². The average molecular weight is 226 g/mol. The van der Waals surface area contributed by atoms with Crippen LogP contribution in [0.3, 0.4) is 0 Å². The van der Waals surface area contributed by atoms with Crippen LogP contribution in [-0.4, -0.2) is 18.7 Å². The molecule has 0 heterocycles. The van der Waals surface area contributed by atoms with Crippen LogP contribution in [0, 0.1) is 5.82 Å². The van der Waals surface area contributed by atoms with Crippen molar-refractivity contribution in [2.24, 2.45) is 0 Å². The molecule has 0 aliphatic carbocycles. The second-order valence-electron chi connectivity index (χ2n) is 4.07. The molecule has 0 unspecified atom stereocenters. The minimum atomic E-state index is -0.676. The molecule has 0 saturated carbocycles. The van der Waals surface area contributed by atoms with Gasteiger partial charge in [0.05, 0.1) is 13.5 Å². The maximum Gasteiger partial charge on any atom is 0.309 e. The predicted octanol–water partition coefficient (Wildman–Crippen LogP) is 2.55. The molecule has 1 aromatic carbocycles. The Bertz CT molecular complexity index is 357. The number of carbonyl (C=O) groups is 1. The molecule has 1 rings (SSSR count). The van der Waals surface area contributed by atoms with Crippen LogP contribution in [0.1, 0.15) is 20.3 Å². The van der Waals surface area contributed by atoms with Gasteiger partial charge in [0.15, 0.2) is 0 Å². The first-order chi connectivity index (χ1) is 7.43. The standard InChI is InChI=1S/C12H15FO3/c1-12(2,8-11(14)15-3)16-10-6-4-9(13)5-7-10/h4-7H,8H2,1-3H3. The summed E-state index contributed by atoms with van der Waals surface area (Å²) in [6.07, 6.45) is 0.140. The summed E-state index contributed by atoms with van der Waals surface area (Å²) >= 11 is 0. The number of benzene rings is 1. The lowest BCUT2D eigenvalue weighted by Gasteiger charge is -2.25. The van der Waals surface area contributed by atoms with Gasteiger partial charge in [0.2, 0.25) is 0 Å². The maximum atomic E-state index is 12.7. The summed E-state index contributed by atoms with van der Waals surface area (Å²) in [7, 11) is 1.33. The number of hydrogen-bond donors (Lipinski definition) is 0. The van der Waals surface area contributed by atoms with Gasteiger partial charge in [-0.3, -0.25) is 4.79 Å². The molecule has 0 amide bonds. The van der Waals surface area contributed by atoms with E-state index in [4.69, 9.17) is 4.74 Å². The fraction of sp³-hybridized carbons (Fsp3) is 0.417. The first-order valence-corrected chi connectivity index (χ1v) is 4.94. The fourth-order valence-electron chi connectivity index (χ4n) is 1.28. The van der Waals surface area contributed by atoms with Crippen molar-refractivity contribution in [3.8, 4) is 5.75 Å². The zero-order valence-corrected chi connectivity index (χ0v) is 9.62. The van der Waals surface area contributed by atoms with Gasteiger partial charge in [-0.15, -0.1) is 0 Å². The van der Waals surface area contributed by atoms with E-state index >= 15 is 0 Å². The van der Waals surface area contributed by atoms with Gasteiger partial charge < -0.3 is 9.47 Å². The largest absolute Gasteiger partial charge is 0.487 e. The van der Waals surface area contributed by atoms with Gasteiger partial charge in [0, 0.05) is 0 Å². The lowest BCUT2D eigenvalue weighted by atomic mass is 10.1. The van der Waals surface area contributed by atoms with Crippen LogP contribution in [-0.2, 0) is 9.53 Å². The third-order valence-corrected chi connectivity index (χ3v) is 2.01. The average Bonchev–Trinajstić information content (AvgIpc) is 2.20. The highest BCUT2D eigenvalue weighted by Crippen LogP contribution is 2.21. The second kappa shape index (κ2) is 4.96. The fourth-order valence-corrected chi connectivity index (χ4v) is 1.28. The molecule has 0 spiro atoms. The highest BCUT2D eigenvalue weighted by Gasteiger charge is 2.24. The summed E-state index contributed by atoms with van der Waals surface area (Å²) in [5.74, 6) is -0.138. The quantitative estimate of drug-likeness (QED) is 0.740. The van der Waals surface area contributed by atoms with Crippen molar-refractivity contribution in [3.05, 3.63) is 30.1 Å². The lowest BCUT2D eigenvalue weighted by molar-refractivity contribution is -0.144. The van der Waals surface area contributed by atoms with Gasteiger partial charge in [-0.05, 0) is 38.1 Å². The predicted molar refractivity (Wildman–Crippen MR) is 57.7 cm³/mol. The van der Waals surface area contributed by atoms with E-state index in [0.717, 1.165) is 0 Å². The Labute approximate surface area is 94.2 Å². The normalized spacial score (nSPS) is 11.0. The highest BCUT2D eigenvalue weighted by atomic mass is 19.1. The van der Waals surface area contributed by atoms with Crippen molar-refractivity contribution in [1.29, 1.82) is 0 Å². The van der Waals surface area contributed by atoms with Crippen LogP contribution in [0.2, 0.25) is 0 Å². The van der Waals surface area contributed by atoms with Gasteiger partial charge in [0.25, 0.3) is 0 Å². The molecule has 1 aromatic rings. The van der Waals surface area contributed by atoms with E-state index in [1.54, 1.807) is 13.8 Å². The molecule has 88 valence electrons. The maximum absolute atomic E-state index is 12.7. The Balaban J connectivity index is 2.64. The molecule has 4 heteroatoms. The van der Waals surface area contributed by atoms with E-state index in [9.17, 15) is 9.18 Å². The Morgan fingerprint density at radius 2 is 1.88 bits per heavy atom. The molecule has 16 heavy (non-hydrogen) atoms. The zero-order valence-electron chi connectivity index (χ0n) is 9.62. The smallest absolute Gasteiger partial charge is 0.309 e. The highest BCUT2D eigenvalue weighted by molar-refractivity contribution is 5.70. The first-order valence-electron chi connectivity index (χ1n) is 4.94. The van der Waals surface area contributed by atoms with E-state index in [1.807, 2.05) is 0 Å². The molecule has 0 bridgehead atoms. The molecule has 0 fully saturated rings. The number of halogens is 1. The van der Waals surface area contributed by atoms with Crippen LogP contribution >= 0.6 is 0 Å². The van der Waals surface area contributed by atoms with Crippen molar-refractivity contribution in [2.45, 2.75) is 25.9 Å². The summed E-state index contributed by atoms with van der Waals surface area (Å²) in [4.78, 5) is 11.1. The number of esters is 1. The van der Waals surface area contributed by atoms with Crippen molar-refractivity contribution in [3.63, 3.8) is 0 Å². The van der Waals surface area contributed by atoms with E-state index in [1.165, 1.54) is 31.4 Å². The van der Waals surface area contributed by atoms with E-state index < -0.39 is 5.60 Å². The number of ether oxygens (including phenoxy) is 2. The molecule has 3 nitrogen and oxygen atoms in total. The topological polar surface area (TPSA) is 35.5 Å². The summed E-state index contributed by atoms with van der Waals surface area (Å²) < 4.78 is 22.8. The lowest BCUT2D eigenvalue weighted by Crippen LogP contribution is -2.31. The monoisotopic (exact) mass is 226 g/mol. The summed E-state index contributed by atoms with van der Waals surface area (Å²) in [5.41, 5.74) is -0.676. The minimum absolute atomic E-state index is 0.140. The van der Waals surface area contributed by atoms with Gasteiger partial charge in [-0.25, -0.2) is 4.39 Å². The van der Waals surface area contributed by atoms with Crippen LogP contribution < -0.4 is 4.74 Å². The van der Waals surface area contributed by atoms with Gasteiger partial charge in [-0.2, -0.15) is 0 Å². The molecule has 0 aliphatic heterocycles. The molecular weight excluding hydrogens is 211 g/mol. The molecule has 0 aliphatic rings. The van der Waals surface area contributed by atoms with Crippen molar-refractivity contribution in [1.82, 2.24) is 0 Å². The van der Waals surface area contributed by atoms with Crippen LogP contribution in [0.5, 0.6) is 5.75 Å². The third-order valence-electron chi connectivity index (χ3n) is 2.01. The van der Waals surface area contributed by atoms with Gasteiger partial charge in [-0.1, -0.05) is 0 Å².